The molecular weight excluding hydrogens is 269 g/mol. The summed E-state index contributed by atoms with van der Waals surface area (Å²) >= 11 is 1.30. The second-order valence-electron chi connectivity index (χ2n) is 3.96. The van der Waals surface area contributed by atoms with Crippen molar-refractivity contribution in [3.8, 4) is 0 Å². The van der Waals surface area contributed by atoms with E-state index in [1.807, 2.05) is 0 Å². The van der Waals surface area contributed by atoms with Gasteiger partial charge in [-0.2, -0.15) is 0 Å². The fourth-order valence-corrected chi connectivity index (χ4v) is 2.48. The predicted octanol–water partition coefficient (Wildman–Crippen LogP) is 3.30. The number of thioether (sulfide) groups is 1. The number of aromatic carboxylic acids is 1. The zero-order valence-corrected chi connectivity index (χ0v) is 11.0. The average Bonchev–Trinajstić information content (AvgIpc) is 2.72. The summed E-state index contributed by atoms with van der Waals surface area (Å²) in [7, 11) is 0. The normalized spacial score (nSPS) is 10.6. The fraction of sp³-hybridized carbons (Fsp3) is 0.154. The van der Waals surface area contributed by atoms with Gasteiger partial charge in [0, 0.05) is 10.6 Å². The van der Waals surface area contributed by atoms with E-state index in [0.29, 0.717) is 27.9 Å². The molecule has 0 saturated carbocycles. The number of benzene rings is 1. The highest BCUT2D eigenvalue weighted by atomic mass is 32.2. The molecule has 19 heavy (non-hydrogen) atoms. The topological polar surface area (TPSA) is 76.5 Å². The SMILES string of the molecule is Cc1oc(CSc2cc(F)ccc2N)cc1C(=O)O. The van der Waals surface area contributed by atoms with Crippen molar-refractivity contribution in [3.63, 3.8) is 0 Å². The number of nitrogens with two attached hydrogens (primary N) is 1. The molecule has 0 aliphatic heterocycles. The second-order valence-corrected chi connectivity index (χ2v) is 4.98. The van der Waals surface area contributed by atoms with E-state index in [1.165, 1.54) is 36.0 Å². The quantitative estimate of drug-likeness (QED) is 0.664. The van der Waals surface area contributed by atoms with Crippen molar-refractivity contribution >= 4 is 23.4 Å². The molecular formula is C13H12FNO3S. The molecule has 0 aliphatic rings. The van der Waals surface area contributed by atoms with Gasteiger partial charge in [-0.3, -0.25) is 0 Å². The smallest absolute Gasteiger partial charge is 0.339 e. The lowest BCUT2D eigenvalue weighted by Crippen LogP contribution is -1.94. The van der Waals surface area contributed by atoms with E-state index in [9.17, 15) is 9.18 Å². The molecule has 2 rings (SSSR count). The number of rotatable bonds is 4. The van der Waals surface area contributed by atoms with Crippen LogP contribution in [0.25, 0.3) is 0 Å². The van der Waals surface area contributed by atoms with Crippen molar-refractivity contribution in [3.05, 3.63) is 47.2 Å². The Morgan fingerprint density at radius 1 is 1.47 bits per heavy atom. The first-order valence-electron chi connectivity index (χ1n) is 5.48. The first-order valence-corrected chi connectivity index (χ1v) is 6.46. The first-order chi connectivity index (χ1) is 8.97. The third kappa shape index (κ3) is 3.08. The van der Waals surface area contributed by atoms with Gasteiger partial charge in [-0.15, -0.1) is 11.8 Å². The van der Waals surface area contributed by atoms with Crippen LogP contribution in [-0.4, -0.2) is 11.1 Å². The summed E-state index contributed by atoms with van der Waals surface area (Å²) in [6, 6.07) is 5.60. The highest BCUT2D eigenvalue weighted by molar-refractivity contribution is 7.98. The molecule has 4 nitrogen and oxygen atoms in total. The maximum atomic E-state index is 13.1. The summed E-state index contributed by atoms with van der Waals surface area (Å²) in [5.41, 5.74) is 6.35. The van der Waals surface area contributed by atoms with E-state index in [-0.39, 0.29) is 11.4 Å². The molecule has 0 atom stereocenters. The zero-order valence-electron chi connectivity index (χ0n) is 10.1. The molecule has 1 aromatic carbocycles. The number of carboxylic acids is 1. The standard InChI is InChI=1S/C13H12FNO3S/c1-7-10(13(16)17)5-9(18-7)6-19-12-4-8(14)2-3-11(12)15/h2-5H,6,15H2,1H3,(H,16,17). The summed E-state index contributed by atoms with van der Waals surface area (Å²) in [6.07, 6.45) is 0. The Morgan fingerprint density at radius 2 is 2.21 bits per heavy atom. The van der Waals surface area contributed by atoms with E-state index in [4.69, 9.17) is 15.3 Å². The monoisotopic (exact) mass is 281 g/mol. The number of hydrogen-bond acceptors (Lipinski definition) is 4. The van der Waals surface area contributed by atoms with Crippen LogP contribution < -0.4 is 5.73 Å². The number of aryl methyl sites for hydroxylation is 1. The minimum atomic E-state index is -1.03. The fourth-order valence-electron chi connectivity index (χ4n) is 1.61. The second kappa shape index (κ2) is 5.36. The van der Waals surface area contributed by atoms with Gasteiger partial charge in [-0.05, 0) is 31.2 Å². The van der Waals surface area contributed by atoms with Gasteiger partial charge in [0.15, 0.2) is 0 Å². The van der Waals surface area contributed by atoms with Gasteiger partial charge in [0.1, 0.15) is 22.9 Å². The first kappa shape index (κ1) is 13.5. The Balaban J connectivity index is 2.12. The van der Waals surface area contributed by atoms with Gasteiger partial charge in [-0.1, -0.05) is 0 Å². The molecule has 0 amide bonds. The molecule has 0 bridgehead atoms. The molecule has 0 aliphatic carbocycles. The Morgan fingerprint density at radius 3 is 2.84 bits per heavy atom. The van der Waals surface area contributed by atoms with Crippen LogP contribution in [0, 0.1) is 12.7 Å². The van der Waals surface area contributed by atoms with Gasteiger partial charge in [0.2, 0.25) is 0 Å². The van der Waals surface area contributed by atoms with E-state index >= 15 is 0 Å². The molecule has 2 aromatic rings. The Labute approximate surface area is 113 Å². The van der Waals surface area contributed by atoms with Crippen molar-refractivity contribution in [2.24, 2.45) is 0 Å². The lowest BCUT2D eigenvalue weighted by atomic mass is 10.2. The average molecular weight is 281 g/mol. The van der Waals surface area contributed by atoms with Crippen LogP contribution in [0.1, 0.15) is 21.9 Å². The lowest BCUT2D eigenvalue weighted by molar-refractivity contribution is 0.0695. The molecule has 1 aromatic heterocycles. The van der Waals surface area contributed by atoms with Gasteiger partial charge >= 0.3 is 5.97 Å². The van der Waals surface area contributed by atoms with Crippen LogP contribution in [-0.2, 0) is 5.75 Å². The molecule has 3 N–H and O–H groups in total. The van der Waals surface area contributed by atoms with Crippen LogP contribution in [0.5, 0.6) is 0 Å². The highest BCUT2D eigenvalue weighted by Gasteiger charge is 2.14. The molecule has 1 heterocycles. The van der Waals surface area contributed by atoms with Crippen LogP contribution in [0.4, 0.5) is 10.1 Å². The van der Waals surface area contributed by atoms with Crippen LogP contribution in [0.3, 0.4) is 0 Å². The molecule has 6 heteroatoms. The van der Waals surface area contributed by atoms with E-state index in [0.717, 1.165) is 0 Å². The molecule has 0 saturated heterocycles. The summed E-state index contributed by atoms with van der Waals surface area (Å²) in [5, 5.41) is 8.91. The zero-order chi connectivity index (χ0) is 14.0. The minimum Gasteiger partial charge on any atom is -0.478 e. The summed E-state index contributed by atoms with van der Waals surface area (Å²) in [5.74, 6) is -0.123. The molecule has 0 fully saturated rings. The van der Waals surface area contributed by atoms with E-state index in [1.54, 1.807) is 6.92 Å². The largest absolute Gasteiger partial charge is 0.478 e. The Bertz CT molecular complexity index is 624. The highest BCUT2D eigenvalue weighted by Crippen LogP contribution is 2.30. The van der Waals surface area contributed by atoms with Crippen LogP contribution >= 0.6 is 11.8 Å². The van der Waals surface area contributed by atoms with Gasteiger partial charge in [0.05, 0.1) is 5.75 Å². The molecule has 0 radical (unpaired) electrons. The number of nitrogen functional groups attached to an aromatic ring is 1. The van der Waals surface area contributed by atoms with Crippen molar-refractivity contribution in [1.82, 2.24) is 0 Å². The molecule has 0 unspecified atom stereocenters. The third-order valence-corrected chi connectivity index (χ3v) is 3.64. The van der Waals surface area contributed by atoms with Gasteiger partial charge in [-0.25, -0.2) is 9.18 Å². The van der Waals surface area contributed by atoms with Gasteiger partial charge < -0.3 is 15.3 Å². The third-order valence-electron chi connectivity index (χ3n) is 2.54. The Kier molecular flexibility index (Phi) is 3.80. The van der Waals surface area contributed by atoms with Crippen molar-refractivity contribution in [2.45, 2.75) is 17.6 Å². The number of halogens is 1. The summed E-state index contributed by atoms with van der Waals surface area (Å²) in [6.45, 7) is 1.59. The van der Waals surface area contributed by atoms with E-state index in [2.05, 4.69) is 0 Å². The van der Waals surface area contributed by atoms with Crippen LogP contribution in [0.2, 0.25) is 0 Å². The maximum absolute atomic E-state index is 13.1. The minimum absolute atomic E-state index is 0.141. The van der Waals surface area contributed by atoms with Crippen molar-refractivity contribution in [1.29, 1.82) is 0 Å². The maximum Gasteiger partial charge on any atom is 0.339 e. The number of hydrogen-bond donors (Lipinski definition) is 2. The lowest BCUT2D eigenvalue weighted by Gasteiger charge is -2.03. The number of furan rings is 1. The van der Waals surface area contributed by atoms with Crippen molar-refractivity contribution in [2.75, 3.05) is 5.73 Å². The summed E-state index contributed by atoms with van der Waals surface area (Å²) in [4.78, 5) is 11.5. The number of anilines is 1. The van der Waals surface area contributed by atoms with Crippen molar-refractivity contribution < 1.29 is 18.7 Å². The number of carbonyl (C=O) groups is 1. The van der Waals surface area contributed by atoms with Gasteiger partial charge in [0.25, 0.3) is 0 Å². The molecule has 100 valence electrons. The Hall–Kier alpha value is -1.95. The number of carboxylic acid groups (broad SMARTS) is 1. The molecule has 0 spiro atoms. The van der Waals surface area contributed by atoms with Crippen LogP contribution in [0.15, 0.2) is 33.6 Å². The van der Waals surface area contributed by atoms with E-state index < -0.39 is 5.97 Å². The summed E-state index contributed by atoms with van der Waals surface area (Å²) < 4.78 is 18.4. The predicted molar refractivity (Wildman–Crippen MR) is 70.8 cm³/mol.